The molecule has 0 radical (unpaired) electrons. The van der Waals surface area contributed by atoms with Gasteiger partial charge in [-0.15, -0.1) is 0 Å². The molecule has 0 aromatic rings. The average Bonchev–Trinajstić information content (AvgIpc) is 2.89. The zero-order valence-electron chi connectivity index (χ0n) is 15.8. The number of aliphatic hydroxyl groups is 1. The van der Waals surface area contributed by atoms with Crippen LogP contribution in [0, 0.1) is 29.1 Å². The third-order valence-electron chi connectivity index (χ3n) is 8.41. The fourth-order valence-electron chi connectivity index (χ4n) is 7.00. The average molecular weight is 335 g/mol. The summed E-state index contributed by atoms with van der Waals surface area (Å²) in [6, 6.07) is 0. The smallest absolute Gasteiger partial charge is 0.171 e. The van der Waals surface area contributed by atoms with E-state index < -0.39 is 5.79 Å². The summed E-state index contributed by atoms with van der Waals surface area (Å²) in [5.74, 6) is 2.56. The molecule has 2 saturated carbocycles. The lowest BCUT2D eigenvalue weighted by Gasteiger charge is -2.54. The summed E-state index contributed by atoms with van der Waals surface area (Å²) in [5, 5.41) is 10.6. The molecular formula is C21H34O3. The van der Waals surface area contributed by atoms with E-state index in [2.05, 4.69) is 13.8 Å². The first-order valence-corrected chi connectivity index (χ1v) is 9.93. The van der Waals surface area contributed by atoms with Gasteiger partial charge in [-0.05, 0) is 67.6 Å². The maximum atomic E-state index is 10.6. The fraction of sp³-hybridized carbons (Fsp3) is 0.905. The number of hydrogen-bond acceptors (Lipinski definition) is 3. The predicted molar refractivity (Wildman–Crippen MR) is 94.5 cm³/mol. The molecule has 0 aromatic heterocycles. The summed E-state index contributed by atoms with van der Waals surface area (Å²) in [7, 11) is 3.58. The second-order valence-corrected chi connectivity index (χ2v) is 9.23. The van der Waals surface area contributed by atoms with E-state index >= 15 is 0 Å². The van der Waals surface area contributed by atoms with Crippen LogP contribution in [0.3, 0.4) is 0 Å². The summed E-state index contributed by atoms with van der Waals surface area (Å²) in [5.41, 5.74) is 3.54. The minimum absolute atomic E-state index is 0.0768. The summed E-state index contributed by atoms with van der Waals surface area (Å²) in [6.45, 7) is 4.82. The van der Waals surface area contributed by atoms with E-state index in [0.717, 1.165) is 37.5 Å². The summed E-state index contributed by atoms with van der Waals surface area (Å²) in [4.78, 5) is 0. The Bertz CT molecular complexity index is 535. The SMILES string of the molecule is COC1(OC)CCC2=C(C[C@H](C)[C@@H]3[C@@H]2CC[C@]2(C)[C@@H](O)CC[C@@H]32)C1. The van der Waals surface area contributed by atoms with Crippen LogP contribution < -0.4 is 0 Å². The van der Waals surface area contributed by atoms with Crippen molar-refractivity contribution in [3.05, 3.63) is 11.1 Å². The van der Waals surface area contributed by atoms with Crippen LogP contribution in [-0.2, 0) is 9.47 Å². The molecule has 0 saturated heterocycles. The maximum Gasteiger partial charge on any atom is 0.171 e. The van der Waals surface area contributed by atoms with Crippen LogP contribution in [0.15, 0.2) is 11.1 Å². The van der Waals surface area contributed by atoms with Gasteiger partial charge in [-0.3, -0.25) is 0 Å². The molecule has 0 unspecified atom stereocenters. The van der Waals surface area contributed by atoms with Crippen molar-refractivity contribution in [3.63, 3.8) is 0 Å². The molecule has 1 N–H and O–H groups in total. The first-order chi connectivity index (χ1) is 11.4. The Morgan fingerprint density at radius 1 is 1.08 bits per heavy atom. The number of fused-ring (bicyclic) bond motifs is 4. The molecule has 4 aliphatic rings. The van der Waals surface area contributed by atoms with E-state index in [4.69, 9.17) is 9.47 Å². The van der Waals surface area contributed by atoms with Gasteiger partial charge in [-0.1, -0.05) is 25.0 Å². The van der Waals surface area contributed by atoms with Gasteiger partial charge in [0.2, 0.25) is 0 Å². The first-order valence-electron chi connectivity index (χ1n) is 9.93. The van der Waals surface area contributed by atoms with E-state index in [1.165, 1.54) is 25.7 Å². The molecule has 4 aliphatic carbocycles. The lowest BCUT2D eigenvalue weighted by atomic mass is 9.51. The van der Waals surface area contributed by atoms with Crippen molar-refractivity contribution in [1.29, 1.82) is 0 Å². The van der Waals surface area contributed by atoms with E-state index in [0.29, 0.717) is 11.8 Å². The number of ether oxygens (including phenoxy) is 2. The van der Waals surface area contributed by atoms with Crippen LogP contribution in [0.4, 0.5) is 0 Å². The lowest BCUT2D eigenvalue weighted by Crippen LogP contribution is -2.49. The Morgan fingerprint density at radius 2 is 1.83 bits per heavy atom. The van der Waals surface area contributed by atoms with Crippen molar-refractivity contribution in [2.24, 2.45) is 29.1 Å². The lowest BCUT2D eigenvalue weighted by molar-refractivity contribution is -0.214. The van der Waals surface area contributed by atoms with Gasteiger partial charge < -0.3 is 14.6 Å². The third-order valence-corrected chi connectivity index (χ3v) is 8.41. The van der Waals surface area contributed by atoms with E-state index in [1.807, 2.05) is 0 Å². The molecular weight excluding hydrogens is 300 g/mol. The van der Waals surface area contributed by atoms with Crippen LogP contribution in [0.1, 0.15) is 65.2 Å². The van der Waals surface area contributed by atoms with Crippen molar-refractivity contribution in [2.75, 3.05) is 14.2 Å². The fourth-order valence-corrected chi connectivity index (χ4v) is 7.00. The van der Waals surface area contributed by atoms with E-state index in [-0.39, 0.29) is 11.5 Å². The van der Waals surface area contributed by atoms with Crippen molar-refractivity contribution in [3.8, 4) is 0 Å². The van der Waals surface area contributed by atoms with Gasteiger partial charge in [0.05, 0.1) is 6.10 Å². The Balaban J connectivity index is 1.65. The van der Waals surface area contributed by atoms with Gasteiger partial charge in [-0.25, -0.2) is 0 Å². The zero-order chi connectivity index (χ0) is 17.1. The number of hydrogen-bond donors (Lipinski definition) is 1. The number of rotatable bonds is 2. The molecule has 0 aromatic carbocycles. The summed E-state index contributed by atoms with van der Waals surface area (Å²) in [6.07, 6.45) is 8.91. The third kappa shape index (κ3) is 2.27. The maximum absolute atomic E-state index is 10.6. The second-order valence-electron chi connectivity index (χ2n) is 9.23. The van der Waals surface area contributed by atoms with Gasteiger partial charge in [0.25, 0.3) is 0 Å². The van der Waals surface area contributed by atoms with Gasteiger partial charge in [0, 0.05) is 27.1 Å². The van der Waals surface area contributed by atoms with E-state index in [9.17, 15) is 5.11 Å². The quantitative estimate of drug-likeness (QED) is 0.604. The monoisotopic (exact) mass is 334 g/mol. The number of allylic oxidation sites excluding steroid dienone is 1. The molecule has 0 heterocycles. The highest BCUT2D eigenvalue weighted by molar-refractivity contribution is 5.29. The Kier molecular flexibility index (Phi) is 4.14. The molecule has 0 spiro atoms. The zero-order valence-corrected chi connectivity index (χ0v) is 15.8. The molecule has 0 aliphatic heterocycles. The van der Waals surface area contributed by atoms with Gasteiger partial charge in [0.15, 0.2) is 5.79 Å². The highest BCUT2D eigenvalue weighted by Gasteiger charge is 2.57. The van der Waals surface area contributed by atoms with Crippen LogP contribution in [0.25, 0.3) is 0 Å². The van der Waals surface area contributed by atoms with Crippen molar-refractivity contribution in [1.82, 2.24) is 0 Å². The van der Waals surface area contributed by atoms with Crippen molar-refractivity contribution in [2.45, 2.75) is 77.1 Å². The summed E-state index contributed by atoms with van der Waals surface area (Å²) < 4.78 is 11.5. The normalized spacial score (nSPS) is 47.1. The molecule has 0 amide bonds. The van der Waals surface area contributed by atoms with Crippen LogP contribution in [-0.4, -0.2) is 31.2 Å². The molecule has 24 heavy (non-hydrogen) atoms. The van der Waals surface area contributed by atoms with E-state index in [1.54, 1.807) is 25.4 Å². The Hall–Kier alpha value is -0.380. The van der Waals surface area contributed by atoms with Gasteiger partial charge >= 0.3 is 0 Å². The Labute approximate surface area is 146 Å². The van der Waals surface area contributed by atoms with Crippen molar-refractivity contribution >= 4 is 0 Å². The minimum Gasteiger partial charge on any atom is -0.393 e. The largest absolute Gasteiger partial charge is 0.393 e. The molecule has 3 heteroatoms. The molecule has 2 fully saturated rings. The van der Waals surface area contributed by atoms with Gasteiger partial charge in [0.1, 0.15) is 0 Å². The standard InChI is InChI=1S/C21H34O3/c1-13-11-14-12-21(23-3,24-4)10-8-15(14)16-7-9-20(2)17(19(13)16)5-6-18(20)22/h13,16-19,22H,5-12H2,1-4H3/t13-,16+,17-,18-,19+,20-/m0/s1. The van der Waals surface area contributed by atoms with Crippen LogP contribution in [0.5, 0.6) is 0 Å². The Morgan fingerprint density at radius 3 is 2.54 bits per heavy atom. The highest BCUT2D eigenvalue weighted by atomic mass is 16.7. The number of aliphatic hydroxyl groups excluding tert-OH is 1. The van der Waals surface area contributed by atoms with Gasteiger partial charge in [-0.2, -0.15) is 0 Å². The van der Waals surface area contributed by atoms with Crippen LogP contribution >= 0.6 is 0 Å². The summed E-state index contributed by atoms with van der Waals surface area (Å²) >= 11 is 0. The molecule has 6 atom stereocenters. The van der Waals surface area contributed by atoms with Crippen molar-refractivity contribution < 1.29 is 14.6 Å². The van der Waals surface area contributed by atoms with Crippen LogP contribution in [0.2, 0.25) is 0 Å². The molecule has 136 valence electrons. The molecule has 0 bridgehead atoms. The minimum atomic E-state index is -0.391. The predicted octanol–water partition coefficient (Wildman–Crippen LogP) is 4.30. The highest BCUT2D eigenvalue weighted by Crippen LogP contribution is 2.62. The molecule has 3 nitrogen and oxygen atoms in total. The topological polar surface area (TPSA) is 38.7 Å². The first kappa shape index (κ1) is 17.1. The number of methoxy groups -OCH3 is 2. The second kappa shape index (κ2) is 5.82. The molecule has 4 rings (SSSR count).